The van der Waals surface area contributed by atoms with E-state index in [1.165, 1.54) is 10.7 Å². The first-order chi connectivity index (χ1) is 7.72. The Kier molecular flexibility index (Phi) is 4.86. The molecule has 0 radical (unpaired) electrons. The van der Waals surface area contributed by atoms with Gasteiger partial charge in [-0.3, -0.25) is 4.79 Å². The fourth-order valence-corrected chi connectivity index (χ4v) is 2.09. The third kappa shape index (κ3) is 2.94. The minimum absolute atomic E-state index is 0. The van der Waals surface area contributed by atoms with Crippen molar-refractivity contribution in [1.29, 1.82) is 0 Å². The van der Waals surface area contributed by atoms with Crippen molar-refractivity contribution >= 4 is 23.7 Å². The van der Waals surface area contributed by atoms with Crippen LogP contribution in [-0.2, 0) is 0 Å². The molecule has 1 unspecified atom stereocenters. The molecule has 0 aliphatic heterocycles. The van der Waals surface area contributed by atoms with E-state index in [1.54, 1.807) is 17.4 Å². The fraction of sp³-hybridized carbons (Fsp3) is 0.273. The molecule has 0 aliphatic rings. The Morgan fingerprint density at radius 3 is 2.82 bits per heavy atom. The monoisotopic (exact) mass is 271 g/mol. The van der Waals surface area contributed by atoms with Gasteiger partial charge in [-0.25, -0.2) is 4.68 Å². The summed E-state index contributed by atoms with van der Waals surface area (Å²) in [6.07, 6.45) is 0. The molecule has 0 spiro atoms. The maximum Gasteiger partial charge on any atom is 0.267 e. The van der Waals surface area contributed by atoms with E-state index in [-0.39, 0.29) is 24.0 Å². The topological polar surface area (TPSA) is 60.9 Å². The van der Waals surface area contributed by atoms with Gasteiger partial charge in [-0.15, -0.1) is 23.7 Å². The predicted molar refractivity (Wildman–Crippen MR) is 72.8 cm³/mol. The van der Waals surface area contributed by atoms with Crippen LogP contribution in [0.15, 0.2) is 34.4 Å². The Bertz CT molecular complexity index is 524. The predicted octanol–water partition coefficient (Wildman–Crippen LogP) is 1.91. The quantitative estimate of drug-likeness (QED) is 0.928. The number of nitrogens with zero attached hydrogens (tertiary/aromatic N) is 2. The molecule has 0 amide bonds. The largest absolute Gasteiger partial charge is 0.328 e. The minimum atomic E-state index is -0.113. The van der Waals surface area contributed by atoms with Crippen molar-refractivity contribution in [1.82, 2.24) is 9.78 Å². The van der Waals surface area contributed by atoms with Gasteiger partial charge in [-0.05, 0) is 24.4 Å². The summed E-state index contributed by atoms with van der Waals surface area (Å²) in [5.41, 5.74) is 6.25. The van der Waals surface area contributed by atoms with Crippen molar-refractivity contribution in [2.24, 2.45) is 5.73 Å². The summed E-state index contributed by atoms with van der Waals surface area (Å²) in [5.74, 6) is 0. The van der Waals surface area contributed by atoms with Crippen molar-refractivity contribution in [3.63, 3.8) is 0 Å². The van der Waals surface area contributed by atoms with E-state index in [1.807, 2.05) is 24.4 Å². The average molecular weight is 272 g/mol. The van der Waals surface area contributed by atoms with Crippen molar-refractivity contribution in [3.8, 4) is 10.6 Å². The second-order valence-electron chi connectivity index (χ2n) is 3.56. The summed E-state index contributed by atoms with van der Waals surface area (Å²) in [7, 11) is 0. The number of hydrogen-bond acceptors (Lipinski definition) is 4. The minimum Gasteiger partial charge on any atom is -0.328 e. The molecule has 0 bridgehead atoms. The van der Waals surface area contributed by atoms with Gasteiger partial charge in [0.1, 0.15) is 5.69 Å². The molecule has 0 aliphatic carbocycles. The second-order valence-corrected chi connectivity index (χ2v) is 4.51. The molecule has 4 nitrogen and oxygen atoms in total. The van der Waals surface area contributed by atoms with Gasteiger partial charge in [0.25, 0.3) is 5.56 Å². The van der Waals surface area contributed by atoms with Gasteiger partial charge in [0.2, 0.25) is 0 Å². The first-order valence-electron chi connectivity index (χ1n) is 5.06. The summed E-state index contributed by atoms with van der Waals surface area (Å²) >= 11 is 1.60. The highest BCUT2D eigenvalue weighted by Gasteiger charge is 2.08. The van der Waals surface area contributed by atoms with Gasteiger partial charge < -0.3 is 5.73 Å². The molecule has 92 valence electrons. The first kappa shape index (κ1) is 13.9. The van der Waals surface area contributed by atoms with Crippen LogP contribution in [0.1, 0.15) is 13.0 Å². The molecule has 0 fully saturated rings. The van der Waals surface area contributed by atoms with Crippen LogP contribution in [0.5, 0.6) is 0 Å². The molecular weight excluding hydrogens is 258 g/mol. The standard InChI is InChI=1S/C11H13N3OS.ClH/c1-8(7-12)14-11(15)5-4-9(13-14)10-3-2-6-16-10;/h2-6,8H,7,12H2,1H3;1H. The second kappa shape index (κ2) is 5.95. The van der Waals surface area contributed by atoms with Crippen molar-refractivity contribution < 1.29 is 0 Å². The zero-order chi connectivity index (χ0) is 11.5. The van der Waals surface area contributed by atoms with Crippen molar-refractivity contribution in [2.45, 2.75) is 13.0 Å². The van der Waals surface area contributed by atoms with Gasteiger partial charge in [0.15, 0.2) is 0 Å². The molecule has 0 saturated carbocycles. The zero-order valence-corrected chi connectivity index (χ0v) is 11.0. The number of thiophene rings is 1. The van der Waals surface area contributed by atoms with Crippen LogP contribution in [0, 0.1) is 0 Å². The lowest BCUT2D eigenvalue weighted by atomic mass is 10.3. The van der Waals surface area contributed by atoms with Gasteiger partial charge in [-0.2, -0.15) is 5.10 Å². The Morgan fingerprint density at radius 2 is 2.24 bits per heavy atom. The van der Waals surface area contributed by atoms with E-state index in [4.69, 9.17) is 5.73 Å². The van der Waals surface area contributed by atoms with Crippen molar-refractivity contribution in [2.75, 3.05) is 6.54 Å². The molecule has 2 rings (SSSR count). The summed E-state index contributed by atoms with van der Waals surface area (Å²) in [6.45, 7) is 2.29. The van der Waals surface area contributed by atoms with Crippen LogP contribution in [0.2, 0.25) is 0 Å². The normalized spacial score (nSPS) is 11.9. The lowest BCUT2D eigenvalue weighted by molar-refractivity contribution is 0.477. The number of rotatable bonds is 3. The Labute approximate surface area is 109 Å². The number of aromatic nitrogens is 2. The Balaban J connectivity index is 0.00000144. The van der Waals surface area contributed by atoms with Crippen LogP contribution < -0.4 is 11.3 Å². The molecule has 2 aromatic rings. The van der Waals surface area contributed by atoms with E-state index >= 15 is 0 Å². The van der Waals surface area contributed by atoms with Crippen LogP contribution >= 0.6 is 23.7 Å². The van der Waals surface area contributed by atoms with Crippen molar-refractivity contribution in [3.05, 3.63) is 40.0 Å². The molecule has 2 heterocycles. The molecule has 2 N–H and O–H groups in total. The maximum absolute atomic E-state index is 11.6. The molecular formula is C11H14ClN3OS. The SMILES string of the molecule is CC(CN)n1nc(-c2cccs2)ccc1=O.Cl. The summed E-state index contributed by atoms with van der Waals surface area (Å²) < 4.78 is 1.44. The summed E-state index contributed by atoms with van der Waals surface area (Å²) in [4.78, 5) is 12.6. The lowest BCUT2D eigenvalue weighted by Gasteiger charge is -2.11. The molecule has 0 saturated heterocycles. The maximum atomic E-state index is 11.6. The Hall–Kier alpha value is -1.17. The summed E-state index contributed by atoms with van der Waals surface area (Å²) in [5, 5.41) is 6.31. The fourth-order valence-electron chi connectivity index (χ4n) is 1.40. The number of hydrogen-bond donors (Lipinski definition) is 1. The van der Waals surface area contributed by atoms with Crippen LogP contribution in [0.4, 0.5) is 0 Å². The Morgan fingerprint density at radius 1 is 1.47 bits per heavy atom. The average Bonchev–Trinajstić information content (AvgIpc) is 2.82. The zero-order valence-electron chi connectivity index (χ0n) is 9.37. The van der Waals surface area contributed by atoms with Gasteiger partial charge in [0.05, 0.1) is 10.9 Å². The molecule has 1 atom stereocenters. The summed E-state index contributed by atoms with van der Waals surface area (Å²) in [6, 6.07) is 7.15. The smallest absolute Gasteiger partial charge is 0.267 e. The lowest BCUT2D eigenvalue weighted by Crippen LogP contribution is -2.29. The molecule has 6 heteroatoms. The van der Waals surface area contributed by atoms with Crippen LogP contribution in [0.25, 0.3) is 10.6 Å². The van der Waals surface area contributed by atoms with E-state index < -0.39 is 0 Å². The molecule has 0 aromatic carbocycles. The van der Waals surface area contributed by atoms with E-state index in [9.17, 15) is 4.79 Å². The van der Waals surface area contributed by atoms with E-state index in [0.717, 1.165) is 10.6 Å². The van der Waals surface area contributed by atoms with E-state index in [0.29, 0.717) is 6.54 Å². The number of halogens is 1. The highest BCUT2D eigenvalue weighted by Crippen LogP contribution is 2.21. The third-order valence-corrected chi connectivity index (χ3v) is 3.25. The van der Waals surface area contributed by atoms with Crippen LogP contribution in [-0.4, -0.2) is 16.3 Å². The number of nitrogens with two attached hydrogens (primary N) is 1. The highest BCUT2D eigenvalue weighted by atomic mass is 35.5. The molecule has 2 aromatic heterocycles. The van der Waals surface area contributed by atoms with E-state index in [2.05, 4.69) is 5.10 Å². The van der Waals surface area contributed by atoms with Crippen LogP contribution in [0.3, 0.4) is 0 Å². The molecule has 17 heavy (non-hydrogen) atoms. The van der Waals surface area contributed by atoms with Gasteiger partial charge in [-0.1, -0.05) is 6.07 Å². The van der Waals surface area contributed by atoms with Gasteiger partial charge in [0, 0.05) is 12.6 Å². The van der Waals surface area contributed by atoms with Gasteiger partial charge >= 0.3 is 0 Å². The first-order valence-corrected chi connectivity index (χ1v) is 5.94. The third-order valence-electron chi connectivity index (χ3n) is 2.36. The highest BCUT2D eigenvalue weighted by molar-refractivity contribution is 7.13.